The van der Waals surface area contributed by atoms with Gasteiger partial charge in [-0.15, -0.1) is 0 Å². The molecule has 5 nitrogen and oxygen atoms in total. The quantitative estimate of drug-likeness (QED) is 0.804. The van der Waals surface area contributed by atoms with Gasteiger partial charge >= 0.3 is 5.97 Å². The maximum atomic E-state index is 11.8. The summed E-state index contributed by atoms with van der Waals surface area (Å²) in [6, 6.07) is 1.62. The van der Waals surface area contributed by atoms with Gasteiger partial charge < -0.3 is 15.4 Å². The molecule has 1 aromatic rings. The van der Waals surface area contributed by atoms with Gasteiger partial charge in [0.1, 0.15) is 6.04 Å². The summed E-state index contributed by atoms with van der Waals surface area (Å²) in [5.74, 6) is 0.479. The Balaban J connectivity index is 2.30. The fourth-order valence-corrected chi connectivity index (χ4v) is 2.39. The Morgan fingerprint density at radius 2 is 2.33 bits per heavy atom. The van der Waals surface area contributed by atoms with E-state index in [0.717, 1.165) is 31.4 Å². The van der Waals surface area contributed by atoms with Crippen LogP contribution in [-0.2, 0) is 9.53 Å². The molecule has 0 bridgehead atoms. The number of carbonyl (C=O) groups is 1. The van der Waals surface area contributed by atoms with Gasteiger partial charge in [-0.1, -0.05) is 0 Å². The standard InChI is InChI=1S/C13H19N3O2/c1-9-7-10(14)12(15-8-9)16-6-4-3-5-11(16)13(17)18-2/h7-8,11H,3-6,14H2,1-2H3. The van der Waals surface area contributed by atoms with E-state index in [-0.39, 0.29) is 12.0 Å². The van der Waals surface area contributed by atoms with E-state index >= 15 is 0 Å². The lowest BCUT2D eigenvalue weighted by molar-refractivity contribution is -0.142. The molecule has 2 rings (SSSR count). The third-order valence-corrected chi connectivity index (χ3v) is 3.28. The SMILES string of the molecule is COC(=O)C1CCCCN1c1ncc(C)cc1N. The minimum absolute atomic E-state index is 0.212. The molecule has 1 aromatic heterocycles. The van der Waals surface area contributed by atoms with Crippen LogP contribution in [0.5, 0.6) is 0 Å². The molecule has 0 aromatic carbocycles. The molecule has 18 heavy (non-hydrogen) atoms. The molecule has 0 radical (unpaired) electrons. The summed E-state index contributed by atoms with van der Waals surface area (Å²) in [6.07, 6.45) is 4.64. The number of methoxy groups -OCH3 is 1. The number of hydrogen-bond donors (Lipinski definition) is 1. The normalized spacial score (nSPS) is 19.7. The topological polar surface area (TPSA) is 68.5 Å². The minimum atomic E-state index is -0.263. The molecule has 1 fully saturated rings. The highest BCUT2D eigenvalue weighted by Gasteiger charge is 2.31. The van der Waals surface area contributed by atoms with E-state index in [2.05, 4.69) is 4.98 Å². The monoisotopic (exact) mass is 249 g/mol. The molecule has 2 N–H and O–H groups in total. The van der Waals surface area contributed by atoms with E-state index in [9.17, 15) is 4.79 Å². The summed E-state index contributed by atoms with van der Waals surface area (Å²) in [6.45, 7) is 2.74. The highest BCUT2D eigenvalue weighted by Crippen LogP contribution is 2.28. The zero-order valence-electron chi connectivity index (χ0n) is 10.8. The van der Waals surface area contributed by atoms with Crippen molar-refractivity contribution in [3.63, 3.8) is 0 Å². The number of carbonyl (C=O) groups excluding carboxylic acids is 1. The molecule has 2 heterocycles. The fourth-order valence-electron chi connectivity index (χ4n) is 2.39. The van der Waals surface area contributed by atoms with Gasteiger partial charge in [0.15, 0.2) is 5.82 Å². The number of ether oxygens (including phenoxy) is 1. The van der Waals surface area contributed by atoms with Crippen molar-refractivity contribution in [1.29, 1.82) is 0 Å². The second-order valence-electron chi connectivity index (χ2n) is 4.65. The first-order valence-electron chi connectivity index (χ1n) is 6.20. The largest absolute Gasteiger partial charge is 0.467 e. The Morgan fingerprint density at radius 3 is 3.00 bits per heavy atom. The third-order valence-electron chi connectivity index (χ3n) is 3.28. The van der Waals surface area contributed by atoms with E-state index < -0.39 is 0 Å². The van der Waals surface area contributed by atoms with Gasteiger partial charge in [0.05, 0.1) is 12.8 Å². The van der Waals surface area contributed by atoms with Crippen molar-refractivity contribution in [3.8, 4) is 0 Å². The predicted octanol–water partition coefficient (Wildman–Crippen LogP) is 1.50. The number of aryl methyl sites for hydroxylation is 1. The molecule has 0 saturated carbocycles. The van der Waals surface area contributed by atoms with Crippen LogP contribution < -0.4 is 10.6 Å². The Labute approximate surface area is 107 Å². The highest BCUT2D eigenvalue weighted by atomic mass is 16.5. The van der Waals surface area contributed by atoms with E-state index in [1.165, 1.54) is 7.11 Å². The lowest BCUT2D eigenvalue weighted by Gasteiger charge is -2.35. The number of nitrogens with zero attached hydrogens (tertiary/aromatic N) is 2. The van der Waals surface area contributed by atoms with Crippen molar-refractivity contribution in [2.75, 3.05) is 24.3 Å². The van der Waals surface area contributed by atoms with E-state index in [1.54, 1.807) is 6.20 Å². The van der Waals surface area contributed by atoms with Crippen LogP contribution in [0.2, 0.25) is 0 Å². The van der Waals surface area contributed by atoms with Crippen LogP contribution in [0.4, 0.5) is 11.5 Å². The van der Waals surface area contributed by atoms with Crippen LogP contribution in [0.3, 0.4) is 0 Å². The summed E-state index contributed by atoms with van der Waals surface area (Å²) in [4.78, 5) is 18.1. The maximum Gasteiger partial charge on any atom is 0.328 e. The summed E-state index contributed by atoms with van der Waals surface area (Å²) < 4.78 is 4.86. The zero-order chi connectivity index (χ0) is 13.1. The molecule has 1 saturated heterocycles. The molecule has 1 unspecified atom stereocenters. The number of rotatable bonds is 2. The van der Waals surface area contributed by atoms with Gasteiger partial charge in [-0.05, 0) is 37.8 Å². The molecule has 1 aliphatic heterocycles. The minimum Gasteiger partial charge on any atom is -0.467 e. The van der Waals surface area contributed by atoms with Crippen LogP contribution in [-0.4, -0.2) is 30.6 Å². The van der Waals surface area contributed by atoms with Crippen LogP contribution in [0.25, 0.3) is 0 Å². The van der Waals surface area contributed by atoms with Crippen LogP contribution in [0.15, 0.2) is 12.3 Å². The summed E-state index contributed by atoms with van der Waals surface area (Å²) in [7, 11) is 1.42. The highest BCUT2D eigenvalue weighted by molar-refractivity contribution is 5.81. The average Bonchev–Trinajstić information content (AvgIpc) is 2.38. The van der Waals surface area contributed by atoms with Crippen LogP contribution >= 0.6 is 0 Å². The van der Waals surface area contributed by atoms with Gasteiger partial charge in [-0.25, -0.2) is 9.78 Å². The van der Waals surface area contributed by atoms with E-state index in [0.29, 0.717) is 11.5 Å². The van der Waals surface area contributed by atoms with Crippen LogP contribution in [0.1, 0.15) is 24.8 Å². The smallest absolute Gasteiger partial charge is 0.328 e. The number of esters is 1. The zero-order valence-corrected chi connectivity index (χ0v) is 10.8. The number of hydrogen-bond acceptors (Lipinski definition) is 5. The molecule has 0 aliphatic carbocycles. The maximum absolute atomic E-state index is 11.8. The third kappa shape index (κ3) is 2.39. The molecule has 0 spiro atoms. The van der Waals surface area contributed by atoms with Crippen LogP contribution in [0, 0.1) is 6.92 Å². The predicted molar refractivity (Wildman–Crippen MR) is 70.4 cm³/mol. The Bertz CT molecular complexity index is 448. The van der Waals surface area contributed by atoms with Gasteiger partial charge in [-0.3, -0.25) is 0 Å². The number of pyridine rings is 1. The molecular weight excluding hydrogens is 230 g/mol. The summed E-state index contributed by atoms with van der Waals surface area (Å²) in [5, 5.41) is 0. The molecule has 1 atom stereocenters. The molecule has 0 amide bonds. The van der Waals surface area contributed by atoms with Gasteiger partial charge in [0.2, 0.25) is 0 Å². The number of piperidine rings is 1. The van der Waals surface area contributed by atoms with Crippen molar-refractivity contribution in [2.45, 2.75) is 32.2 Å². The Morgan fingerprint density at radius 1 is 1.56 bits per heavy atom. The lowest BCUT2D eigenvalue weighted by atomic mass is 10.0. The van der Waals surface area contributed by atoms with Crippen molar-refractivity contribution < 1.29 is 9.53 Å². The van der Waals surface area contributed by atoms with E-state index in [1.807, 2.05) is 17.9 Å². The number of aromatic nitrogens is 1. The van der Waals surface area contributed by atoms with Gasteiger partial charge in [-0.2, -0.15) is 0 Å². The first-order valence-corrected chi connectivity index (χ1v) is 6.20. The molecular formula is C13H19N3O2. The van der Waals surface area contributed by atoms with Crippen molar-refractivity contribution >= 4 is 17.5 Å². The lowest BCUT2D eigenvalue weighted by Crippen LogP contribution is -2.46. The van der Waals surface area contributed by atoms with Gasteiger partial charge in [0, 0.05) is 12.7 Å². The molecule has 5 heteroatoms. The number of anilines is 2. The Kier molecular flexibility index (Phi) is 3.69. The first-order chi connectivity index (χ1) is 8.63. The number of nitrogens with two attached hydrogens (primary N) is 1. The average molecular weight is 249 g/mol. The second kappa shape index (κ2) is 5.25. The van der Waals surface area contributed by atoms with Crippen molar-refractivity contribution in [1.82, 2.24) is 4.98 Å². The van der Waals surface area contributed by atoms with Gasteiger partial charge in [0.25, 0.3) is 0 Å². The first kappa shape index (κ1) is 12.7. The molecule has 1 aliphatic rings. The molecule has 98 valence electrons. The van der Waals surface area contributed by atoms with Crippen molar-refractivity contribution in [2.24, 2.45) is 0 Å². The number of nitrogen functional groups attached to an aromatic ring is 1. The second-order valence-corrected chi connectivity index (χ2v) is 4.65. The Hall–Kier alpha value is -1.78. The summed E-state index contributed by atoms with van der Waals surface area (Å²) >= 11 is 0. The summed E-state index contributed by atoms with van der Waals surface area (Å²) in [5.41, 5.74) is 7.63. The van der Waals surface area contributed by atoms with E-state index in [4.69, 9.17) is 10.5 Å². The fraction of sp³-hybridized carbons (Fsp3) is 0.538. The van der Waals surface area contributed by atoms with Crippen molar-refractivity contribution in [3.05, 3.63) is 17.8 Å².